The molecule has 20 heteroatoms. The van der Waals surface area contributed by atoms with Crippen LogP contribution in [-0.4, -0.2) is 93.5 Å². The van der Waals surface area contributed by atoms with E-state index in [-0.39, 0.29) is 34.8 Å². The predicted molar refractivity (Wildman–Crippen MR) is 171 cm³/mol. The van der Waals surface area contributed by atoms with E-state index in [0.717, 1.165) is 36.1 Å². The second-order valence-electron chi connectivity index (χ2n) is 12.7. The number of aliphatic hydroxyl groups excluding tert-OH is 1. The van der Waals surface area contributed by atoms with Crippen molar-refractivity contribution in [1.29, 1.82) is 0 Å². The Morgan fingerprint density at radius 1 is 1.25 bits per heavy atom. The van der Waals surface area contributed by atoms with Crippen LogP contribution in [0.5, 0.6) is 5.75 Å². The number of esters is 1. The predicted octanol–water partition coefficient (Wildman–Crippen LogP) is 1.05. The third kappa shape index (κ3) is 7.00. The van der Waals surface area contributed by atoms with Gasteiger partial charge in [-0.15, -0.1) is 4.83 Å². The van der Waals surface area contributed by atoms with Gasteiger partial charge in [0.25, 0.3) is 0 Å². The molecule has 2 aliphatic carbocycles. The number of hydrogen-bond acceptors (Lipinski definition) is 15. The third-order valence-electron chi connectivity index (χ3n) is 8.52. The quantitative estimate of drug-likeness (QED) is 0.0946. The Bertz CT molecular complexity index is 1850. The number of hydrogen-bond donors (Lipinski definition) is 5. The first-order valence-electron chi connectivity index (χ1n) is 15.3. The van der Waals surface area contributed by atoms with Gasteiger partial charge in [0.05, 0.1) is 19.2 Å². The highest BCUT2D eigenvalue weighted by atomic mass is 32.2. The first-order chi connectivity index (χ1) is 22.5. The number of benzene rings is 1. The fraction of sp³-hybridized carbons (Fsp3) is 0.571. The van der Waals surface area contributed by atoms with Gasteiger partial charge in [0.1, 0.15) is 35.2 Å². The average Bonchev–Trinajstić information content (AvgIpc) is 3.57. The number of nitrogens with one attached hydrogen (secondary N) is 2. The van der Waals surface area contributed by atoms with E-state index in [1.165, 1.54) is 24.9 Å². The third-order valence-corrected chi connectivity index (χ3v) is 10.8. The lowest BCUT2D eigenvalue weighted by atomic mass is 9.96. The Morgan fingerprint density at radius 2 is 1.94 bits per heavy atom. The highest BCUT2D eigenvalue weighted by Crippen LogP contribution is 2.53. The van der Waals surface area contributed by atoms with Gasteiger partial charge in [-0.3, -0.25) is 18.9 Å². The number of aryl methyl sites for hydroxylation is 1. The number of aliphatic hydroxyl groups is 2. The molecule has 2 aromatic heterocycles. The summed E-state index contributed by atoms with van der Waals surface area (Å²) >= 11 is 0. The lowest BCUT2D eigenvalue weighted by molar-refractivity contribution is -0.156. The summed E-state index contributed by atoms with van der Waals surface area (Å²) in [5.41, 5.74) is 3.81. The SMILES string of the molecule is Cc1ccc(OP(=O)(NC2(C(=O)OC3CCC3)CC2)OCC2OC(n3cnc4c(N(C)NS(C)(=O)=O)nc(N)nc43)[C@](C)(O)[C@@H]2O)cc1. The number of nitrogen functional groups attached to an aromatic ring is 1. The van der Waals surface area contributed by atoms with Gasteiger partial charge in [0.15, 0.2) is 23.2 Å². The molecule has 3 aromatic rings. The molecule has 18 nitrogen and oxygen atoms in total. The molecule has 0 spiro atoms. The maximum absolute atomic E-state index is 14.3. The summed E-state index contributed by atoms with van der Waals surface area (Å²) in [7, 11) is -6.62. The number of nitrogens with two attached hydrogens (primary N) is 1. The minimum Gasteiger partial charge on any atom is -0.461 e. The summed E-state index contributed by atoms with van der Waals surface area (Å²) in [5, 5.41) is 26.6. The molecule has 6 rings (SSSR count). The zero-order valence-electron chi connectivity index (χ0n) is 26.8. The maximum Gasteiger partial charge on any atom is 0.459 e. The topological polar surface area (TPSA) is 243 Å². The molecule has 3 unspecified atom stereocenters. The number of carbonyl (C=O) groups is 1. The smallest absolute Gasteiger partial charge is 0.459 e. The fourth-order valence-electron chi connectivity index (χ4n) is 5.49. The Balaban J connectivity index is 1.24. The van der Waals surface area contributed by atoms with Crippen LogP contribution in [0.1, 0.15) is 50.8 Å². The van der Waals surface area contributed by atoms with Gasteiger partial charge in [-0.1, -0.05) is 17.7 Å². The monoisotopic (exact) mass is 710 g/mol. The molecule has 3 heterocycles. The minimum atomic E-state index is -4.33. The highest BCUT2D eigenvalue weighted by molar-refractivity contribution is 7.88. The van der Waals surface area contributed by atoms with Gasteiger partial charge in [-0.2, -0.15) is 15.1 Å². The average molecular weight is 711 g/mol. The van der Waals surface area contributed by atoms with E-state index in [0.29, 0.717) is 12.8 Å². The molecule has 1 aromatic carbocycles. The number of carbonyl (C=O) groups excluding carboxylic acids is 1. The van der Waals surface area contributed by atoms with E-state index in [2.05, 4.69) is 24.9 Å². The van der Waals surface area contributed by atoms with Gasteiger partial charge >= 0.3 is 13.7 Å². The zero-order chi connectivity index (χ0) is 34.6. The maximum atomic E-state index is 14.3. The summed E-state index contributed by atoms with van der Waals surface area (Å²) in [6.07, 6.45) is 1.12. The van der Waals surface area contributed by atoms with Crippen molar-refractivity contribution in [3.05, 3.63) is 36.2 Å². The van der Waals surface area contributed by atoms with Gasteiger partial charge < -0.3 is 29.9 Å². The standard InChI is InChI=1S/C28H39N8O10PS/c1-16-8-10-18(11-9-16)46-47(40,33-28(12-13-28)25(38)44-17-6-5-7-17)43-14-19-21(37)27(2,39)24(45-19)36-15-30-20-22(31-26(29)32-23(20)36)35(3)34-48(4,41)42/h8-11,15,17,19,21,24,34,37,39H,5-7,12-14H2,1-4H3,(H,33,40)(H2,29,31,32)/t19?,21-,24?,27-,47?/m1/s1. The Labute approximate surface area is 276 Å². The molecule has 0 amide bonds. The number of aromatic nitrogens is 4. The van der Waals surface area contributed by atoms with Gasteiger partial charge in [-0.25, -0.2) is 18.0 Å². The first-order valence-corrected chi connectivity index (χ1v) is 18.7. The molecule has 3 fully saturated rings. The van der Waals surface area contributed by atoms with Gasteiger partial charge in [-0.05, 0) is 58.1 Å². The van der Waals surface area contributed by atoms with Crippen molar-refractivity contribution in [2.75, 3.05) is 30.7 Å². The van der Waals surface area contributed by atoms with E-state index < -0.39 is 59.9 Å². The Hall–Kier alpha value is -3.42. The summed E-state index contributed by atoms with van der Waals surface area (Å²) in [6.45, 7) is 2.67. The molecular weight excluding hydrogens is 671 g/mol. The van der Waals surface area contributed by atoms with Crippen molar-refractivity contribution in [3.8, 4) is 5.75 Å². The molecule has 5 atom stereocenters. The molecule has 262 valence electrons. The summed E-state index contributed by atoms with van der Waals surface area (Å²) in [4.78, 5) is 27.9. The van der Waals surface area contributed by atoms with E-state index in [1.54, 1.807) is 24.3 Å². The van der Waals surface area contributed by atoms with Crippen molar-refractivity contribution in [2.45, 2.75) is 81.6 Å². The van der Waals surface area contributed by atoms with Crippen LogP contribution >= 0.6 is 7.75 Å². The van der Waals surface area contributed by atoms with Crippen molar-refractivity contribution < 1.29 is 46.5 Å². The minimum absolute atomic E-state index is 0.0184. The summed E-state index contributed by atoms with van der Waals surface area (Å²) in [5.74, 6) is -0.534. The highest BCUT2D eigenvalue weighted by Gasteiger charge is 2.58. The number of anilines is 2. The van der Waals surface area contributed by atoms with Crippen LogP contribution in [0.25, 0.3) is 11.2 Å². The van der Waals surface area contributed by atoms with E-state index in [1.807, 2.05) is 6.92 Å². The number of sulfonamides is 1. The molecule has 0 radical (unpaired) electrons. The van der Waals surface area contributed by atoms with Crippen LogP contribution in [0.2, 0.25) is 0 Å². The lowest BCUT2D eigenvalue weighted by Crippen LogP contribution is -2.45. The first kappa shape index (κ1) is 34.4. The Morgan fingerprint density at radius 3 is 2.54 bits per heavy atom. The number of ether oxygens (including phenoxy) is 2. The number of imidazole rings is 1. The zero-order valence-corrected chi connectivity index (χ0v) is 28.5. The fourth-order valence-corrected chi connectivity index (χ4v) is 7.81. The molecular formula is C28H39N8O10PS. The largest absolute Gasteiger partial charge is 0.461 e. The normalized spacial score (nSPS) is 26.5. The number of hydrazine groups is 1. The van der Waals surface area contributed by atoms with Crippen molar-refractivity contribution in [1.82, 2.24) is 29.4 Å². The van der Waals surface area contributed by atoms with Crippen LogP contribution in [-0.2, 0) is 33.4 Å². The molecule has 6 N–H and O–H groups in total. The van der Waals surface area contributed by atoms with E-state index in [9.17, 15) is 28.0 Å². The molecule has 2 saturated carbocycles. The van der Waals surface area contributed by atoms with Crippen molar-refractivity contribution >= 4 is 46.7 Å². The number of nitrogens with zero attached hydrogens (tertiary/aromatic N) is 5. The van der Waals surface area contributed by atoms with Crippen LogP contribution in [0, 0.1) is 6.92 Å². The lowest BCUT2D eigenvalue weighted by Gasteiger charge is -2.30. The molecule has 1 aliphatic heterocycles. The molecule has 48 heavy (non-hydrogen) atoms. The van der Waals surface area contributed by atoms with Gasteiger partial charge in [0, 0.05) is 7.05 Å². The number of fused-ring (bicyclic) bond motifs is 1. The second-order valence-corrected chi connectivity index (χ2v) is 16.1. The van der Waals surface area contributed by atoms with Crippen LogP contribution in [0.15, 0.2) is 30.6 Å². The second kappa shape index (κ2) is 12.5. The van der Waals surface area contributed by atoms with Crippen LogP contribution < -0.4 is 25.2 Å². The van der Waals surface area contributed by atoms with Crippen LogP contribution in [0.3, 0.4) is 0 Å². The van der Waals surface area contributed by atoms with Crippen molar-refractivity contribution in [3.63, 3.8) is 0 Å². The Kier molecular flexibility index (Phi) is 8.95. The van der Waals surface area contributed by atoms with E-state index >= 15 is 0 Å². The van der Waals surface area contributed by atoms with Gasteiger partial charge in [0.2, 0.25) is 16.0 Å². The molecule has 0 bridgehead atoms. The number of rotatable bonds is 13. The molecule has 1 saturated heterocycles. The molecule has 3 aliphatic rings. The summed E-state index contributed by atoms with van der Waals surface area (Å²) < 4.78 is 62.6. The van der Waals surface area contributed by atoms with Crippen molar-refractivity contribution in [2.24, 2.45) is 0 Å². The summed E-state index contributed by atoms with van der Waals surface area (Å²) in [6, 6.07) is 6.73. The van der Waals surface area contributed by atoms with E-state index in [4.69, 9.17) is 24.3 Å². The van der Waals surface area contributed by atoms with Crippen LogP contribution in [0.4, 0.5) is 11.8 Å².